The molecule has 2 aromatic rings. The lowest BCUT2D eigenvalue weighted by Gasteiger charge is -2.25. The Bertz CT molecular complexity index is 931. The fraction of sp³-hybridized carbons (Fsp3) is 0.450. The number of hydrogen-bond donors (Lipinski definition) is 1. The number of sulfonamides is 1. The summed E-state index contributed by atoms with van der Waals surface area (Å²) in [5.41, 5.74) is 2.28. The maximum Gasteiger partial charge on any atom is 0.258 e. The minimum absolute atomic E-state index is 0.0766. The van der Waals surface area contributed by atoms with E-state index in [0.29, 0.717) is 23.0 Å². The SMILES string of the molecule is Cc1ccc(OCC(=O)NCc2ccc(S(=O)(=O)N3CCCCC3)s2)cc1C. The van der Waals surface area contributed by atoms with Crippen LogP contribution in [0, 0.1) is 13.8 Å². The molecule has 0 atom stereocenters. The van der Waals surface area contributed by atoms with Crippen LogP contribution in [0.4, 0.5) is 0 Å². The molecule has 1 aromatic carbocycles. The summed E-state index contributed by atoms with van der Waals surface area (Å²) >= 11 is 1.21. The Kier molecular flexibility index (Phi) is 6.74. The second-order valence-electron chi connectivity index (χ2n) is 7.00. The van der Waals surface area contributed by atoms with Gasteiger partial charge >= 0.3 is 0 Å². The zero-order chi connectivity index (χ0) is 20.1. The van der Waals surface area contributed by atoms with Crippen molar-refractivity contribution in [3.8, 4) is 5.75 Å². The molecule has 1 aliphatic rings. The number of amides is 1. The highest BCUT2D eigenvalue weighted by Gasteiger charge is 2.27. The second kappa shape index (κ2) is 9.07. The third kappa shape index (κ3) is 5.12. The van der Waals surface area contributed by atoms with E-state index in [2.05, 4.69) is 5.32 Å². The van der Waals surface area contributed by atoms with Gasteiger partial charge in [-0.25, -0.2) is 8.42 Å². The second-order valence-corrected chi connectivity index (χ2v) is 10.3. The molecule has 1 aliphatic heterocycles. The number of piperidine rings is 1. The first-order valence-electron chi connectivity index (χ1n) is 9.42. The van der Waals surface area contributed by atoms with Gasteiger partial charge in [-0.3, -0.25) is 4.79 Å². The Morgan fingerprint density at radius 1 is 1.11 bits per heavy atom. The molecule has 0 aliphatic carbocycles. The summed E-state index contributed by atoms with van der Waals surface area (Å²) < 4.78 is 32.8. The Morgan fingerprint density at radius 3 is 2.57 bits per heavy atom. The lowest BCUT2D eigenvalue weighted by molar-refractivity contribution is -0.123. The van der Waals surface area contributed by atoms with Crippen LogP contribution in [0.1, 0.15) is 35.3 Å². The third-order valence-corrected chi connectivity index (χ3v) is 8.31. The average Bonchev–Trinajstić information content (AvgIpc) is 3.18. The molecule has 0 bridgehead atoms. The molecule has 0 spiro atoms. The first-order chi connectivity index (χ1) is 13.4. The van der Waals surface area contributed by atoms with Crippen molar-refractivity contribution in [3.05, 3.63) is 46.3 Å². The van der Waals surface area contributed by atoms with Crippen molar-refractivity contribution in [3.63, 3.8) is 0 Å². The number of thiophene rings is 1. The lowest BCUT2D eigenvalue weighted by atomic mass is 10.1. The van der Waals surface area contributed by atoms with E-state index < -0.39 is 10.0 Å². The van der Waals surface area contributed by atoms with E-state index in [0.717, 1.165) is 29.7 Å². The Balaban J connectivity index is 1.51. The molecule has 152 valence electrons. The number of nitrogens with one attached hydrogen (secondary N) is 1. The maximum atomic E-state index is 12.7. The van der Waals surface area contributed by atoms with Crippen molar-refractivity contribution >= 4 is 27.3 Å². The van der Waals surface area contributed by atoms with Crippen LogP contribution in [0.3, 0.4) is 0 Å². The van der Waals surface area contributed by atoms with E-state index in [1.165, 1.54) is 16.9 Å². The fourth-order valence-corrected chi connectivity index (χ4v) is 5.98. The van der Waals surface area contributed by atoms with Crippen LogP contribution in [0.2, 0.25) is 0 Å². The van der Waals surface area contributed by atoms with Gasteiger partial charge in [-0.2, -0.15) is 4.31 Å². The Hall–Kier alpha value is -1.90. The van der Waals surface area contributed by atoms with E-state index in [-0.39, 0.29) is 19.1 Å². The molecule has 1 saturated heterocycles. The molecule has 1 fully saturated rings. The Labute approximate surface area is 170 Å². The smallest absolute Gasteiger partial charge is 0.258 e. The minimum atomic E-state index is -3.42. The van der Waals surface area contributed by atoms with Crippen LogP contribution >= 0.6 is 11.3 Å². The number of rotatable bonds is 7. The van der Waals surface area contributed by atoms with Gasteiger partial charge in [-0.05, 0) is 62.1 Å². The molecule has 6 nitrogen and oxygen atoms in total. The number of nitrogens with zero attached hydrogens (tertiary/aromatic N) is 1. The highest BCUT2D eigenvalue weighted by molar-refractivity contribution is 7.91. The Morgan fingerprint density at radius 2 is 1.86 bits per heavy atom. The molecule has 8 heteroatoms. The molecular formula is C20H26N2O4S2. The van der Waals surface area contributed by atoms with Crippen LogP contribution in [-0.4, -0.2) is 38.3 Å². The fourth-order valence-electron chi connectivity index (χ4n) is 3.01. The van der Waals surface area contributed by atoms with Gasteiger partial charge in [-0.15, -0.1) is 11.3 Å². The molecule has 1 N–H and O–H groups in total. The van der Waals surface area contributed by atoms with E-state index in [4.69, 9.17) is 4.74 Å². The highest BCUT2D eigenvalue weighted by atomic mass is 32.2. The minimum Gasteiger partial charge on any atom is -0.484 e. The first-order valence-corrected chi connectivity index (χ1v) is 11.7. The standard InChI is InChI=1S/C20H26N2O4S2/c1-15-6-7-17(12-16(15)2)26-14-19(23)21-13-18-8-9-20(27-18)28(24,25)22-10-4-3-5-11-22/h6-9,12H,3-5,10-11,13-14H2,1-2H3,(H,21,23). The van der Waals surface area contributed by atoms with Gasteiger partial charge in [0.05, 0.1) is 6.54 Å². The summed E-state index contributed by atoms with van der Waals surface area (Å²) in [6.45, 7) is 5.40. The van der Waals surface area contributed by atoms with Gasteiger partial charge in [0.1, 0.15) is 9.96 Å². The number of carbonyl (C=O) groups is 1. The molecule has 0 unspecified atom stereocenters. The van der Waals surface area contributed by atoms with Gasteiger partial charge in [0.2, 0.25) is 0 Å². The van der Waals surface area contributed by atoms with E-state index >= 15 is 0 Å². The van der Waals surface area contributed by atoms with E-state index in [9.17, 15) is 13.2 Å². The quantitative estimate of drug-likeness (QED) is 0.743. The zero-order valence-corrected chi connectivity index (χ0v) is 17.9. The maximum absolute atomic E-state index is 12.7. The van der Waals surface area contributed by atoms with Crippen LogP contribution < -0.4 is 10.1 Å². The third-order valence-electron chi connectivity index (χ3n) is 4.85. The van der Waals surface area contributed by atoms with Crippen molar-refractivity contribution in [1.29, 1.82) is 0 Å². The summed E-state index contributed by atoms with van der Waals surface area (Å²) in [4.78, 5) is 12.8. The van der Waals surface area contributed by atoms with Crippen molar-refractivity contribution < 1.29 is 17.9 Å². The van der Waals surface area contributed by atoms with Gasteiger partial charge in [0.25, 0.3) is 15.9 Å². The van der Waals surface area contributed by atoms with Gasteiger partial charge < -0.3 is 10.1 Å². The predicted molar refractivity (Wildman–Crippen MR) is 110 cm³/mol. The van der Waals surface area contributed by atoms with Crippen LogP contribution in [0.15, 0.2) is 34.5 Å². The molecule has 3 rings (SSSR count). The van der Waals surface area contributed by atoms with Gasteiger partial charge in [-0.1, -0.05) is 12.5 Å². The van der Waals surface area contributed by atoms with Crippen LogP contribution in [0.25, 0.3) is 0 Å². The number of aryl methyl sites for hydroxylation is 2. The van der Waals surface area contributed by atoms with Crippen molar-refractivity contribution in [1.82, 2.24) is 9.62 Å². The summed E-state index contributed by atoms with van der Waals surface area (Å²) in [6, 6.07) is 9.08. The lowest BCUT2D eigenvalue weighted by Crippen LogP contribution is -2.35. The van der Waals surface area contributed by atoms with Crippen LogP contribution in [0.5, 0.6) is 5.75 Å². The van der Waals surface area contributed by atoms with Gasteiger partial charge in [0, 0.05) is 18.0 Å². The highest BCUT2D eigenvalue weighted by Crippen LogP contribution is 2.27. The average molecular weight is 423 g/mol. The van der Waals surface area contributed by atoms with Crippen LogP contribution in [-0.2, 0) is 21.4 Å². The molecular weight excluding hydrogens is 396 g/mol. The molecule has 1 aromatic heterocycles. The molecule has 28 heavy (non-hydrogen) atoms. The van der Waals surface area contributed by atoms with E-state index in [1.807, 2.05) is 32.0 Å². The topological polar surface area (TPSA) is 75.7 Å². The summed E-state index contributed by atoms with van der Waals surface area (Å²) in [5, 5.41) is 2.78. The first kappa shape index (κ1) is 20.8. The molecule has 0 saturated carbocycles. The van der Waals surface area contributed by atoms with Gasteiger partial charge in [0.15, 0.2) is 6.61 Å². The molecule has 0 radical (unpaired) electrons. The number of benzene rings is 1. The monoisotopic (exact) mass is 422 g/mol. The summed E-state index contributed by atoms with van der Waals surface area (Å²) in [5.74, 6) is 0.413. The summed E-state index contributed by atoms with van der Waals surface area (Å²) in [6.07, 6.45) is 2.90. The van der Waals surface area contributed by atoms with Crippen molar-refractivity contribution in [2.24, 2.45) is 0 Å². The number of ether oxygens (including phenoxy) is 1. The number of carbonyl (C=O) groups excluding carboxylic acids is 1. The predicted octanol–water partition coefficient (Wildman–Crippen LogP) is 3.23. The van der Waals surface area contributed by atoms with E-state index in [1.54, 1.807) is 16.4 Å². The number of hydrogen-bond acceptors (Lipinski definition) is 5. The zero-order valence-electron chi connectivity index (χ0n) is 16.2. The molecule has 2 heterocycles. The molecule has 1 amide bonds. The largest absolute Gasteiger partial charge is 0.484 e. The van der Waals surface area contributed by atoms with Crippen molar-refractivity contribution in [2.45, 2.75) is 43.9 Å². The van der Waals surface area contributed by atoms with Crippen molar-refractivity contribution in [2.75, 3.05) is 19.7 Å². The normalized spacial score (nSPS) is 15.4. The summed E-state index contributed by atoms with van der Waals surface area (Å²) in [7, 11) is -3.42.